The molecule has 3 aliphatic rings. The monoisotopic (exact) mass is 122 g/mol. The number of rotatable bonds is 1. The zero-order valence-electron chi connectivity index (χ0n) is 5.35. The lowest BCUT2D eigenvalue weighted by Crippen LogP contribution is -2.63. The van der Waals surface area contributed by atoms with Crippen LogP contribution in [-0.4, -0.2) is 6.54 Å². The van der Waals surface area contributed by atoms with Crippen LogP contribution < -0.4 is 5.73 Å². The molecule has 0 heterocycles. The summed E-state index contributed by atoms with van der Waals surface area (Å²) in [6.45, 7) is 0.788. The summed E-state index contributed by atoms with van der Waals surface area (Å²) in [4.78, 5) is 0. The van der Waals surface area contributed by atoms with Gasteiger partial charge in [-0.05, 0) is 31.2 Å². The predicted octanol–water partition coefficient (Wildman–Crippen LogP) is 0.639. The van der Waals surface area contributed by atoms with Gasteiger partial charge < -0.3 is 5.73 Å². The van der Waals surface area contributed by atoms with Crippen LogP contribution in [0.3, 0.4) is 0 Å². The third kappa shape index (κ3) is 0.402. The number of nitrogens with zero attached hydrogens (tertiary/aromatic N) is 1. The number of hydrogen-bond donors (Lipinski definition) is 1. The Labute approximate surface area is 54.6 Å². The molecule has 3 rings (SSSR count). The maximum absolute atomic E-state index is 8.60. The highest BCUT2D eigenvalue weighted by Crippen LogP contribution is 2.72. The zero-order valence-corrected chi connectivity index (χ0v) is 5.35. The number of hydrogen-bond acceptors (Lipinski definition) is 2. The highest BCUT2D eigenvalue weighted by Gasteiger charge is 2.67. The van der Waals surface area contributed by atoms with E-state index in [1.165, 1.54) is 0 Å². The summed E-state index contributed by atoms with van der Waals surface area (Å²) in [6.07, 6.45) is 3.23. The Kier molecular flexibility index (Phi) is 0.668. The van der Waals surface area contributed by atoms with E-state index in [0.717, 1.165) is 25.8 Å². The molecule has 2 N–H and O–H groups in total. The van der Waals surface area contributed by atoms with Crippen LogP contribution in [0, 0.1) is 22.2 Å². The average Bonchev–Trinajstić information content (AvgIpc) is 1.62. The Morgan fingerprint density at radius 2 is 2.00 bits per heavy atom. The van der Waals surface area contributed by atoms with Crippen molar-refractivity contribution in [1.29, 1.82) is 5.26 Å². The van der Waals surface area contributed by atoms with E-state index in [-0.39, 0.29) is 5.41 Å². The molecule has 0 spiro atoms. The van der Waals surface area contributed by atoms with Gasteiger partial charge in [-0.25, -0.2) is 0 Å². The Morgan fingerprint density at radius 1 is 1.44 bits per heavy atom. The van der Waals surface area contributed by atoms with E-state index < -0.39 is 0 Å². The third-order valence-corrected chi connectivity index (χ3v) is 2.81. The van der Waals surface area contributed by atoms with Crippen LogP contribution in [0.4, 0.5) is 0 Å². The molecule has 0 radical (unpaired) electrons. The summed E-state index contributed by atoms with van der Waals surface area (Å²) >= 11 is 0. The van der Waals surface area contributed by atoms with Crippen molar-refractivity contribution >= 4 is 0 Å². The van der Waals surface area contributed by atoms with Crippen molar-refractivity contribution in [2.75, 3.05) is 6.54 Å². The highest BCUT2D eigenvalue weighted by atomic mass is 14.8. The van der Waals surface area contributed by atoms with Gasteiger partial charge in [-0.3, -0.25) is 0 Å². The maximum Gasteiger partial charge on any atom is 0.0690 e. The lowest BCUT2D eigenvalue weighted by molar-refractivity contribution is -0.154. The first-order valence-corrected chi connectivity index (χ1v) is 3.36. The van der Waals surface area contributed by atoms with E-state index in [9.17, 15) is 0 Å². The summed E-state index contributed by atoms with van der Waals surface area (Å²) in [5.41, 5.74) is 6.03. The minimum absolute atomic E-state index is 0.0966. The van der Waals surface area contributed by atoms with Gasteiger partial charge in [-0.2, -0.15) is 5.26 Å². The first kappa shape index (κ1) is 5.25. The largest absolute Gasteiger partial charge is 0.330 e. The molecule has 0 aliphatic heterocycles. The van der Waals surface area contributed by atoms with Crippen molar-refractivity contribution in [1.82, 2.24) is 0 Å². The summed E-state index contributed by atoms with van der Waals surface area (Å²) in [6, 6.07) is 2.35. The molecule has 3 saturated carbocycles. The van der Waals surface area contributed by atoms with Gasteiger partial charge in [0.25, 0.3) is 0 Å². The van der Waals surface area contributed by atoms with Gasteiger partial charge in [0.2, 0.25) is 0 Å². The minimum atomic E-state index is 0.0966. The second-order valence-corrected chi connectivity index (χ2v) is 3.63. The van der Waals surface area contributed by atoms with Gasteiger partial charge >= 0.3 is 0 Å². The first-order chi connectivity index (χ1) is 4.24. The molecule has 0 amide bonds. The molecule has 48 valence electrons. The fraction of sp³-hybridized carbons (Fsp3) is 0.857. The number of nitriles is 1. The van der Waals surface area contributed by atoms with Crippen molar-refractivity contribution in [3.63, 3.8) is 0 Å². The Morgan fingerprint density at radius 3 is 2.33 bits per heavy atom. The van der Waals surface area contributed by atoms with Gasteiger partial charge in [0.15, 0.2) is 0 Å². The Balaban J connectivity index is 2.06. The summed E-state index contributed by atoms with van der Waals surface area (Å²) < 4.78 is 0. The molecule has 9 heavy (non-hydrogen) atoms. The zero-order chi connectivity index (χ0) is 6.54. The molecule has 0 unspecified atom stereocenters. The standard InChI is InChI=1S/C7H10N2/c8-4-6-1-7(2-6,3-6)5-9/h1-4,8H2. The van der Waals surface area contributed by atoms with Gasteiger partial charge in [-0.15, -0.1) is 0 Å². The molecule has 0 saturated heterocycles. The Bertz CT molecular complexity index is 170. The molecule has 2 heteroatoms. The SMILES string of the molecule is N#CC12CC(CN)(C1)C2. The molecule has 2 bridgehead atoms. The van der Waals surface area contributed by atoms with Crippen molar-refractivity contribution in [3.8, 4) is 6.07 Å². The lowest BCUT2D eigenvalue weighted by atomic mass is 9.36. The Hall–Kier alpha value is -0.550. The lowest BCUT2D eigenvalue weighted by Gasteiger charge is -2.67. The first-order valence-electron chi connectivity index (χ1n) is 3.36. The van der Waals surface area contributed by atoms with Crippen LogP contribution >= 0.6 is 0 Å². The smallest absolute Gasteiger partial charge is 0.0690 e. The third-order valence-electron chi connectivity index (χ3n) is 2.81. The van der Waals surface area contributed by atoms with Crippen LogP contribution in [0.2, 0.25) is 0 Å². The van der Waals surface area contributed by atoms with E-state index in [1.54, 1.807) is 0 Å². The van der Waals surface area contributed by atoms with Crippen LogP contribution in [-0.2, 0) is 0 Å². The molecule has 2 nitrogen and oxygen atoms in total. The van der Waals surface area contributed by atoms with E-state index in [0.29, 0.717) is 5.41 Å². The molecule has 0 aromatic carbocycles. The fourth-order valence-electron chi connectivity index (χ4n) is 2.33. The average molecular weight is 122 g/mol. The van der Waals surface area contributed by atoms with Crippen LogP contribution in [0.15, 0.2) is 0 Å². The van der Waals surface area contributed by atoms with Crippen molar-refractivity contribution in [2.45, 2.75) is 19.3 Å². The van der Waals surface area contributed by atoms with E-state index in [1.807, 2.05) is 0 Å². The topological polar surface area (TPSA) is 49.8 Å². The van der Waals surface area contributed by atoms with Gasteiger partial charge in [0, 0.05) is 0 Å². The molecular formula is C7H10N2. The van der Waals surface area contributed by atoms with Gasteiger partial charge in [-0.1, -0.05) is 0 Å². The van der Waals surface area contributed by atoms with E-state index in [4.69, 9.17) is 11.0 Å². The highest BCUT2D eigenvalue weighted by molar-refractivity contribution is 5.26. The molecule has 0 atom stereocenters. The van der Waals surface area contributed by atoms with Crippen LogP contribution in [0.1, 0.15) is 19.3 Å². The van der Waals surface area contributed by atoms with Crippen molar-refractivity contribution < 1.29 is 0 Å². The van der Waals surface area contributed by atoms with Crippen molar-refractivity contribution in [3.05, 3.63) is 0 Å². The maximum atomic E-state index is 8.60. The minimum Gasteiger partial charge on any atom is -0.330 e. The van der Waals surface area contributed by atoms with E-state index in [2.05, 4.69) is 6.07 Å². The second-order valence-electron chi connectivity index (χ2n) is 3.63. The molecule has 0 aromatic heterocycles. The molecular weight excluding hydrogens is 112 g/mol. The predicted molar refractivity (Wildman–Crippen MR) is 33.4 cm³/mol. The quantitative estimate of drug-likeness (QED) is 0.554. The second kappa shape index (κ2) is 1.15. The van der Waals surface area contributed by atoms with Gasteiger partial charge in [0.1, 0.15) is 0 Å². The number of nitrogens with two attached hydrogens (primary N) is 1. The normalized spacial score (nSPS) is 52.9. The molecule has 0 aromatic rings. The fourth-order valence-corrected chi connectivity index (χ4v) is 2.33. The van der Waals surface area contributed by atoms with Crippen LogP contribution in [0.5, 0.6) is 0 Å². The van der Waals surface area contributed by atoms with Crippen molar-refractivity contribution in [2.24, 2.45) is 16.6 Å². The molecule has 3 aliphatic carbocycles. The summed E-state index contributed by atoms with van der Waals surface area (Å²) in [5, 5.41) is 8.60. The summed E-state index contributed by atoms with van der Waals surface area (Å²) in [7, 11) is 0. The van der Waals surface area contributed by atoms with Gasteiger partial charge in [0.05, 0.1) is 11.5 Å². The van der Waals surface area contributed by atoms with Crippen LogP contribution in [0.25, 0.3) is 0 Å². The summed E-state index contributed by atoms with van der Waals surface area (Å²) in [5.74, 6) is 0. The molecule has 3 fully saturated rings. The van der Waals surface area contributed by atoms with E-state index >= 15 is 0 Å².